The van der Waals surface area contributed by atoms with E-state index in [4.69, 9.17) is 13.9 Å². The molecule has 28 heavy (non-hydrogen) atoms. The van der Waals surface area contributed by atoms with Crippen LogP contribution in [0.4, 0.5) is 0 Å². The van der Waals surface area contributed by atoms with Crippen LogP contribution in [0.3, 0.4) is 0 Å². The first-order valence-electron chi connectivity index (χ1n) is 7.94. The zero-order chi connectivity index (χ0) is 20.1. The molecule has 0 spiro atoms. The van der Waals surface area contributed by atoms with E-state index >= 15 is 0 Å². The van der Waals surface area contributed by atoms with Gasteiger partial charge in [0.05, 0.1) is 14.2 Å². The molecule has 0 atom stereocenters. The third-order valence-electron chi connectivity index (χ3n) is 3.56. The molecule has 1 heterocycles. The topological polar surface area (TPSA) is 94.7 Å². The molecule has 3 rings (SSSR count). The Morgan fingerprint density at radius 2 is 1.86 bits per heavy atom. The quantitative estimate of drug-likeness (QED) is 0.281. The van der Waals surface area contributed by atoms with Crippen LogP contribution in [0.5, 0.6) is 11.5 Å². The Labute approximate surface area is 178 Å². The summed E-state index contributed by atoms with van der Waals surface area (Å²) in [5.41, 5.74) is 1.38. The number of hydrogen-bond donors (Lipinski definition) is 1. The van der Waals surface area contributed by atoms with Crippen LogP contribution < -0.4 is 9.47 Å². The molecule has 2 aromatic carbocycles. The summed E-state index contributed by atoms with van der Waals surface area (Å²) in [4.78, 5) is 11.7. The highest BCUT2D eigenvalue weighted by Gasteiger charge is 2.17. The fourth-order valence-electron chi connectivity index (χ4n) is 2.28. The number of thioether (sulfide) groups is 1. The van der Waals surface area contributed by atoms with Crippen LogP contribution in [0.25, 0.3) is 17.5 Å². The van der Waals surface area contributed by atoms with Gasteiger partial charge < -0.3 is 19.0 Å². The fraction of sp³-hybridized carbons (Fsp3) is 0.105. The van der Waals surface area contributed by atoms with Crippen LogP contribution in [-0.2, 0) is 4.79 Å². The molecule has 0 amide bonds. The van der Waals surface area contributed by atoms with Crippen LogP contribution in [0, 0.1) is 3.57 Å². The van der Waals surface area contributed by atoms with E-state index in [1.807, 2.05) is 24.3 Å². The van der Waals surface area contributed by atoms with Crippen molar-refractivity contribution < 1.29 is 23.8 Å². The number of aliphatic carboxylic acids is 1. The van der Waals surface area contributed by atoms with Crippen molar-refractivity contribution in [2.24, 2.45) is 0 Å². The largest absolute Gasteiger partial charge is 0.497 e. The molecule has 0 saturated carbocycles. The van der Waals surface area contributed by atoms with Gasteiger partial charge in [0.2, 0.25) is 5.89 Å². The Morgan fingerprint density at radius 1 is 1.14 bits per heavy atom. The summed E-state index contributed by atoms with van der Waals surface area (Å²) in [5, 5.41) is 17.6. The minimum atomic E-state index is -1.08. The van der Waals surface area contributed by atoms with E-state index < -0.39 is 5.97 Å². The number of carboxylic acids is 1. The molecular formula is C19H15IN2O5S. The first-order valence-corrected chi connectivity index (χ1v) is 9.83. The van der Waals surface area contributed by atoms with Crippen molar-refractivity contribution in [3.63, 3.8) is 0 Å². The molecule has 144 valence electrons. The van der Waals surface area contributed by atoms with Crippen molar-refractivity contribution >= 4 is 46.4 Å². The summed E-state index contributed by atoms with van der Waals surface area (Å²) in [5.74, 6) is 0.309. The number of hydrogen-bond acceptors (Lipinski definition) is 7. The number of carbonyl (C=O) groups is 1. The second-order valence-corrected chi connectivity index (χ2v) is 7.68. The lowest BCUT2D eigenvalue weighted by Gasteiger charge is -2.05. The van der Waals surface area contributed by atoms with Gasteiger partial charge in [-0.05, 0) is 70.3 Å². The van der Waals surface area contributed by atoms with Crippen LogP contribution in [0.1, 0.15) is 5.56 Å². The molecule has 0 fully saturated rings. The second-order valence-electron chi connectivity index (χ2n) is 5.45. The Morgan fingerprint density at radius 3 is 2.46 bits per heavy atom. The first-order chi connectivity index (χ1) is 13.5. The highest BCUT2D eigenvalue weighted by atomic mass is 127. The zero-order valence-electron chi connectivity index (χ0n) is 14.9. The first kappa shape index (κ1) is 20.2. The smallest absolute Gasteiger partial charge is 0.342 e. The lowest BCUT2D eigenvalue weighted by Crippen LogP contribution is -1.96. The van der Waals surface area contributed by atoms with E-state index in [1.54, 1.807) is 38.5 Å². The Bertz CT molecular complexity index is 1010. The second kappa shape index (κ2) is 9.11. The zero-order valence-corrected chi connectivity index (χ0v) is 17.9. The van der Waals surface area contributed by atoms with E-state index in [2.05, 4.69) is 32.8 Å². The number of halogens is 1. The average molecular weight is 510 g/mol. The van der Waals surface area contributed by atoms with Gasteiger partial charge in [0.15, 0.2) is 0 Å². The summed E-state index contributed by atoms with van der Waals surface area (Å²) < 4.78 is 17.1. The summed E-state index contributed by atoms with van der Waals surface area (Å²) in [6.45, 7) is 0. The number of methoxy groups -OCH3 is 2. The predicted molar refractivity (Wildman–Crippen MR) is 113 cm³/mol. The molecule has 0 bridgehead atoms. The molecule has 0 saturated heterocycles. The van der Waals surface area contributed by atoms with Gasteiger partial charge in [0.1, 0.15) is 16.4 Å². The van der Waals surface area contributed by atoms with Crippen LogP contribution in [-0.4, -0.2) is 35.5 Å². The predicted octanol–water partition coefficient (Wildman–Crippen LogP) is 4.58. The Kier molecular flexibility index (Phi) is 6.57. The average Bonchev–Trinajstić information content (AvgIpc) is 3.15. The Balaban J connectivity index is 1.88. The molecule has 1 N–H and O–H groups in total. The number of aromatic nitrogens is 2. The fourth-order valence-corrected chi connectivity index (χ4v) is 3.52. The Hall–Kier alpha value is -2.53. The van der Waals surface area contributed by atoms with Gasteiger partial charge in [0, 0.05) is 15.2 Å². The standard InChI is InChI=1S/C19H15IN2O5S/c1-25-14-8-12(9-15(10-14)26-2)17-21-22-19(27-17)28-16(18(23)24)7-11-4-3-5-13(20)6-11/h3-10H,1-2H3,(H,23,24)/b16-7-. The summed E-state index contributed by atoms with van der Waals surface area (Å²) in [7, 11) is 3.09. The number of rotatable bonds is 7. The molecule has 0 aliphatic heterocycles. The molecule has 0 aliphatic rings. The third kappa shape index (κ3) is 5.04. The molecule has 7 nitrogen and oxygen atoms in total. The highest BCUT2D eigenvalue weighted by molar-refractivity contribution is 14.1. The van der Waals surface area contributed by atoms with Crippen molar-refractivity contribution in [1.29, 1.82) is 0 Å². The maximum atomic E-state index is 11.6. The summed E-state index contributed by atoms with van der Waals surface area (Å²) in [6.07, 6.45) is 1.56. The normalized spacial score (nSPS) is 11.3. The number of nitrogens with zero attached hydrogens (tertiary/aromatic N) is 2. The maximum Gasteiger partial charge on any atom is 0.342 e. The summed E-state index contributed by atoms with van der Waals surface area (Å²) in [6, 6.07) is 12.7. The van der Waals surface area contributed by atoms with Gasteiger partial charge in [-0.2, -0.15) is 0 Å². The van der Waals surface area contributed by atoms with Gasteiger partial charge in [-0.3, -0.25) is 0 Å². The molecule has 9 heteroatoms. The number of benzene rings is 2. The van der Waals surface area contributed by atoms with Crippen molar-refractivity contribution in [1.82, 2.24) is 10.2 Å². The van der Waals surface area contributed by atoms with Crippen LogP contribution in [0.2, 0.25) is 0 Å². The molecule has 1 aromatic heterocycles. The van der Waals surface area contributed by atoms with Crippen molar-refractivity contribution in [2.45, 2.75) is 5.22 Å². The monoisotopic (exact) mass is 510 g/mol. The number of ether oxygens (including phenoxy) is 2. The van der Waals surface area contributed by atoms with E-state index in [0.29, 0.717) is 17.1 Å². The molecule has 3 aromatic rings. The molecule has 0 aliphatic carbocycles. The third-order valence-corrected chi connectivity index (χ3v) is 5.08. The minimum Gasteiger partial charge on any atom is -0.497 e. The van der Waals surface area contributed by atoms with E-state index in [-0.39, 0.29) is 16.0 Å². The van der Waals surface area contributed by atoms with Gasteiger partial charge in [0.25, 0.3) is 5.22 Å². The minimum absolute atomic E-state index is 0.0698. The number of carboxylic acid groups (broad SMARTS) is 1. The lowest BCUT2D eigenvalue weighted by molar-refractivity contribution is -0.131. The van der Waals surface area contributed by atoms with Gasteiger partial charge in [-0.15, -0.1) is 10.2 Å². The molecule has 0 radical (unpaired) electrons. The van der Waals surface area contributed by atoms with Gasteiger partial charge >= 0.3 is 5.97 Å². The van der Waals surface area contributed by atoms with Crippen LogP contribution >= 0.6 is 34.4 Å². The van der Waals surface area contributed by atoms with Crippen molar-refractivity contribution in [3.05, 3.63) is 56.5 Å². The van der Waals surface area contributed by atoms with E-state index in [1.165, 1.54) is 0 Å². The molecular weight excluding hydrogens is 495 g/mol. The van der Waals surface area contributed by atoms with Crippen LogP contribution in [0.15, 0.2) is 57.0 Å². The van der Waals surface area contributed by atoms with Gasteiger partial charge in [-0.25, -0.2) is 4.79 Å². The van der Waals surface area contributed by atoms with Crippen molar-refractivity contribution in [3.8, 4) is 23.0 Å². The van der Waals surface area contributed by atoms with Crippen molar-refractivity contribution in [2.75, 3.05) is 14.2 Å². The van der Waals surface area contributed by atoms with E-state index in [9.17, 15) is 9.90 Å². The highest BCUT2D eigenvalue weighted by Crippen LogP contribution is 2.33. The van der Waals surface area contributed by atoms with Gasteiger partial charge in [-0.1, -0.05) is 12.1 Å². The van der Waals surface area contributed by atoms with E-state index in [0.717, 1.165) is 20.9 Å². The SMILES string of the molecule is COc1cc(OC)cc(-c2nnc(S/C(=C\c3cccc(I)c3)C(=O)O)o2)c1. The lowest BCUT2D eigenvalue weighted by atomic mass is 10.2. The maximum absolute atomic E-state index is 11.6. The summed E-state index contributed by atoms with van der Waals surface area (Å²) >= 11 is 3.06. The molecule has 0 unspecified atom stereocenters.